The number of benzene rings is 2. The summed E-state index contributed by atoms with van der Waals surface area (Å²) in [4.78, 5) is 30.0. The van der Waals surface area contributed by atoms with E-state index < -0.39 is 11.8 Å². The lowest BCUT2D eigenvalue weighted by molar-refractivity contribution is -0.139. The van der Waals surface area contributed by atoms with Crippen molar-refractivity contribution in [3.8, 4) is 10.6 Å². The molecule has 3 rings (SSSR count). The molecule has 1 atom stereocenters. The topological polar surface area (TPSA) is 71.1 Å². The summed E-state index contributed by atoms with van der Waals surface area (Å²) in [5, 5.41) is 6.40. The summed E-state index contributed by atoms with van der Waals surface area (Å²) in [6.07, 6.45) is 0.641. The molecule has 3 aromatic rings. The van der Waals surface area contributed by atoms with Crippen LogP contribution in [0.5, 0.6) is 0 Å². The number of hydrogen-bond acceptors (Lipinski definition) is 4. The van der Waals surface area contributed by atoms with Crippen molar-refractivity contribution in [2.45, 2.75) is 33.2 Å². The van der Waals surface area contributed by atoms with E-state index in [0.717, 1.165) is 26.7 Å². The van der Waals surface area contributed by atoms with Gasteiger partial charge < -0.3 is 10.6 Å². The Balaban J connectivity index is 1.52. The minimum atomic E-state index is -0.622. The molecule has 0 fully saturated rings. The minimum Gasteiger partial charge on any atom is -0.347 e. The van der Waals surface area contributed by atoms with E-state index in [1.54, 1.807) is 11.3 Å². The number of thiazole rings is 1. The second-order valence-corrected chi connectivity index (χ2v) is 8.09. The van der Waals surface area contributed by atoms with Crippen LogP contribution in [-0.2, 0) is 16.0 Å². The van der Waals surface area contributed by atoms with Crippen LogP contribution in [-0.4, -0.2) is 23.3 Å². The van der Waals surface area contributed by atoms with E-state index in [2.05, 4.69) is 40.7 Å². The lowest BCUT2D eigenvalue weighted by atomic mass is 10.1. The van der Waals surface area contributed by atoms with Crippen LogP contribution in [0.4, 0.5) is 0 Å². The Bertz CT molecular complexity index is 998. The SMILES string of the molecule is Cc1cccc(-c2nc(C)c(CCNC(=O)C(=O)N[C@@H](C)c3ccccc3)s2)c1. The van der Waals surface area contributed by atoms with Crippen molar-refractivity contribution in [3.63, 3.8) is 0 Å². The van der Waals surface area contributed by atoms with Gasteiger partial charge >= 0.3 is 11.8 Å². The van der Waals surface area contributed by atoms with Gasteiger partial charge in [-0.15, -0.1) is 11.3 Å². The Morgan fingerprint density at radius 2 is 1.79 bits per heavy atom. The van der Waals surface area contributed by atoms with Gasteiger partial charge in [-0.3, -0.25) is 9.59 Å². The van der Waals surface area contributed by atoms with E-state index in [1.165, 1.54) is 5.56 Å². The smallest absolute Gasteiger partial charge is 0.309 e. The summed E-state index contributed by atoms with van der Waals surface area (Å²) in [6, 6.07) is 17.6. The molecule has 1 aromatic heterocycles. The van der Waals surface area contributed by atoms with Crippen molar-refractivity contribution in [1.29, 1.82) is 0 Å². The fourth-order valence-electron chi connectivity index (χ4n) is 3.02. The van der Waals surface area contributed by atoms with Gasteiger partial charge in [0, 0.05) is 23.4 Å². The van der Waals surface area contributed by atoms with Crippen LogP contribution >= 0.6 is 11.3 Å². The highest BCUT2D eigenvalue weighted by atomic mass is 32.1. The van der Waals surface area contributed by atoms with Gasteiger partial charge in [0.25, 0.3) is 0 Å². The standard InChI is InChI=1S/C23H25N3O2S/c1-15-8-7-11-19(14-15)23-26-17(3)20(29-23)12-13-24-21(27)22(28)25-16(2)18-9-5-4-6-10-18/h4-11,14,16H,12-13H2,1-3H3,(H,24,27)(H,25,28)/t16-/m0/s1. The van der Waals surface area contributed by atoms with Gasteiger partial charge in [-0.05, 0) is 32.4 Å². The zero-order valence-electron chi connectivity index (χ0n) is 16.9. The van der Waals surface area contributed by atoms with Crippen LogP contribution in [0.2, 0.25) is 0 Å². The van der Waals surface area contributed by atoms with E-state index in [4.69, 9.17) is 0 Å². The summed E-state index contributed by atoms with van der Waals surface area (Å²) in [6.45, 7) is 6.28. The molecule has 0 aliphatic carbocycles. The molecule has 0 aliphatic heterocycles. The number of rotatable bonds is 6. The molecule has 29 heavy (non-hydrogen) atoms. The molecule has 0 unspecified atom stereocenters. The molecule has 0 aliphatic rings. The van der Waals surface area contributed by atoms with Crippen LogP contribution in [0.3, 0.4) is 0 Å². The first-order valence-corrected chi connectivity index (χ1v) is 10.4. The Labute approximate surface area is 175 Å². The van der Waals surface area contributed by atoms with Crippen LogP contribution in [0.15, 0.2) is 54.6 Å². The average molecular weight is 408 g/mol. The largest absolute Gasteiger partial charge is 0.347 e. The lowest BCUT2D eigenvalue weighted by Crippen LogP contribution is -2.41. The van der Waals surface area contributed by atoms with Gasteiger partial charge in [0.1, 0.15) is 5.01 Å². The minimum absolute atomic E-state index is 0.227. The number of nitrogens with one attached hydrogen (secondary N) is 2. The quantitative estimate of drug-likeness (QED) is 0.608. The number of carbonyl (C=O) groups is 2. The Morgan fingerprint density at radius 3 is 2.52 bits per heavy atom. The zero-order chi connectivity index (χ0) is 20.8. The maximum atomic E-state index is 12.1. The lowest BCUT2D eigenvalue weighted by Gasteiger charge is -2.13. The van der Waals surface area contributed by atoms with E-state index in [0.29, 0.717) is 13.0 Å². The van der Waals surface area contributed by atoms with Gasteiger partial charge in [-0.25, -0.2) is 4.98 Å². The van der Waals surface area contributed by atoms with Crippen LogP contribution < -0.4 is 10.6 Å². The molecule has 0 radical (unpaired) electrons. The van der Waals surface area contributed by atoms with E-state index in [9.17, 15) is 9.59 Å². The highest BCUT2D eigenvalue weighted by molar-refractivity contribution is 7.15. The van der Waals surface area contributed by atoms with E-state index >= 15 is 0 Å². The molecule has 0 saturated heterocycles. The number of amides is 2. The predicted molar refractivity (Wildman–Crippen MR) is 117 cm³/mol. The number of nitrogens with zero attached hydrogens (tertiary/aromatic N) is 1. The molecule has 2 amide bonds. The maximum Gasteiger partial charge on any atom is 0.309 e. The number of hydrogen-bond donors (Lipinski definition) is 2. The summed E-state index contributed by atoms with van der Waals surface area (Å²) >= 11 is 1.63. The first kappa shape index (κ1) is 20.7. The van der Waals surface area contributed by atoms with E-state index in [1.807, 2.05) is 50.2 Å². The molecular formula is C23H25N3O2S. The molecule has 0 spiro atoms. The first-order valence-electron chi connectivity index (χ1n) is 9.61. The van der Waals surface area contributed by atoms with Crippen molar-refractivity contribution in [2.24, 2.45) is 0 Å². The summed E-state index contributed by atoms with van der Waals surface area (Å²) in [5.41, 5.74) is 4.21. The van der Waals surface area contributed by atoms with Gasteiger partial charge in [0.05, 0.1) is 11.7 Å². The maximum absolute atomic E-state index is 12.1. The second kappa shape index (κ2) is 9.47. The number of carbonyl (C=O) groups excluding carboxylic acids is 2. The Morgan fingerprint density at radius 1 is 1.03 bits per heavy atom. The second-order valence-electron chi connectivity index (χ2n) is 7.01. The zero-order valence-corrected chi connectivity index (χ0v) is 17.7. The predicted octanol–water partition coefficient (Wildman–Crippen LogP) is 3.96. The monoisotopic (exact) mass is 407 g/mol. The average Bonchev–Trinajstić information content (AvgIpc) is 3.09. The van der Waals surface area contributed by atoms with Gasteiger partial charge in [-0.2, -0.15) is 0 Å². The van der Waals surface area contributed by atoms with Crippen molar-refractivity contribution >= 4 is 23.2 Å². The number of aryl methyl sites for hydroxylation is 2. The Kier molecular flexibility index (Phi) is 6.77. The van der Waals surface area contributed by atoms with Crippen LogP contribution in [0.1, 0.15) is 34.7 Å². The third kappa shape index (κ3) is 5.51. The van der Waals surface area contributed by atoms with Crippen LogP contribution in [0.25, 0.3) is 10.6 Å². The molecule has 5 nitrogen and oxygen atoms in total. The third-order valence-corrected chi connectivity index (χ3v) is 5.91. The van der Waals surface area contributed by atoms with Crippen molar-refractivity contribution in [3.05, 3.63) is 76.3 Å². The van der Waals surface area contributed by atoms with Gasteiger partial charge in [-0.1, -0.05) is 54.1 Å². The molecule has 150 valence electrons. The molecule has 0 bridgehead atoms. The normalized spacial score (nSPS) is 11.7. The molecule has 1 heterocycles. The Hall–Kier alpha value is -2.99. The fourth-order valence-corrected chi connectivity index (χ4v) is 4.08. The molecule has 2 N–H and O–H groups in total. The highest BCUT2D eigenvalue weighted by Crippen LogP contribution is 2.28. The van der Waals surface area contributed by atoms with Gasteiger partial charge in [0.15, 0.2) is 0 Å². The molecular weight excluding hydrogens is 382 g/mol. The first-order chi connectivity index (χ1) is 13.9. The van der Waals surface area contributed by atoms with Crippen LogP contribution in [0, 0.1) is 13.8 Å². The van der Waals surface area contributed by atoms with Crippen molar-refractivity contribution in [2.75, 3.05) is 6.54 Å². The summed E-state index contributed by atoms with van der Waals surface area (Å²) < 4.78 is 0. The molecule has 6 heteroatoms. The summed E-state index contributed by atoms with van der Waals surface area (Å²) in [5.74, 6) is -1.24. The van der Waals surface area contributed by atoms with Gasteiger partial charge in [0.2, 0.25) is 0 Å². The summed E-state index contributed by atoms with van der Waals surface area (Å²) in [7, 11) is 0. The number of aromatic nitrogens is 1. The fraction of sp³-hybridized carbons (Fsp3) is 0.261. The van der Waals surface area contributed by atoms with Crippen molar-refractivity contribution < 1.29 is 9.59 Å². The molecule has 2 aromatic carbocycles. The molecule has 0 saturated carbocycles. The van der Waals surface area contributed by atoms with Crippen molar-refractivity contribution in [1.82, 2.24) is 15.6 Å². The van der Waals surface area contributed by atoms with E-state index in [-0.39, 0.29) is 6.04 Å². The highest BCUT2D eigenvalue weighted by Gasteiger charge is 2.17. The third-order valence-electron chi connectivity index (χ3n) is 4.65.